The summed E-state index contributed by atoms with van der Waals surface area (Å²) in [6, 6.07) is 0. The molecule has 4 heteroatoms. The molecule has 1 amide bonds. The molecule has 6 heavy (non-hydrogen) atoms. The molecule has 0 fully saturated rings. The van der Waals surface area contributed by atoms with E-state index in [4.69, 9.17) is 0 Å². The molecule has 0 rings (SSSR count). The molecule has 0 aromatic rings. The Balaban J connectivity index is 3.30. The first-order valence-corrected chi connectivity index (χ1v) is 9.88. The molecule has 0 radical (unpaired) electrons. The van der Waals surface area contributed by atoms with Gasteiger partial charge < -0.3 is 0 Å². The van der Waals surface area contributed by atoms with Crippen molar-refractivity contribution in [2.45, 2.75) is 6.92 Å². The van der Waals surface area contributed by atoms with E-state index in [9.17, 15) is 4.79 Å². The van der Waals surface area contributed by atoms with Gasteiger partial charge in [-0.05, 0) is 0 Å². The van der Waals surface area contributed by atoms with E-state index >= 15 is 0 Å². The van der Waals surface area contributed by atoms with Crippen molar-refractivity contribution < 1.29 is 4.79 Å². The minimum absolute atomic E-state index is 0.0237. The second kappa shape index (κ2) is 4.01. The van der Waals surface area contributed by atoms with Gasteiger partial charge in [0, 0.05) is 0 Å². The Bertz CT molecular complexity index is 81.6. The molecule has 0 aromatic carbocycles. The van der Waals surface area contributed by atoms with Gasteiger partial charge in [0.2, 0.25) is 0 Å². The van der Waals surface area contributed by atoms with Crippen molar-refractivity contribution in [1.82, 2.24) is 0 Å². The summed E-state index contributed by atoms with van der Waals surface area (Å²) in [4.78, 5) is 9.91. The summed E-state index contributed by atoms with van der Waals surface area (Å²) in [6.07, 6.45) is 0. The van der Waals surface area contributed by atoms with Gasteiger partial charge in [0.05, 0.1) is 0 Å². The maximum absolute atomic E-state index is 9.91. The maximum atomic E-state index is 9.91. The van der Waals surface area contributed by atoms with E-state index < -0.39 is 13.7 Å². The summed E-state index contributed by atoms with van der Waals surface area (Å²) >= 11 is 1.66. The van der Waals surface area contributed by atoms with Crippen molar-refractivity contribution in [3.63, 3.8) is 0 Å². The number of hydrogen-bond acceptors (Lipinski definition) is 1. The van der Waals surface area contributed by atoms with Crippen LogP contribution in [0.4, 0.5) is 0 Å². The topological polar surface area (TPSA) is 29.4 Å². The number of carbonyl (C=O) groups excluding carboxylic acids is 1. The van der Waals surface area contributed by atoms with Crippen molar-refractivity contribution >= 4 is 39.3 Å². The predicted octanol–water partition coefficient (Wildman–Crippen LogP) is 0.771. The standard InChI is InChI=1S/C2H3NO.Ga.HI/c1-2(3)4;;/h1H3;;1H/q;+1;/p-1. The van der Waals surface area contributed by atoms with Crippen LogP contribution in [0.5, 0.6) is 0 Å². The zero-order chi connectivity index (χ0) is 4.99. The number of halogens is 1. The molecule has 0 N–H and O–H groups in total. The number of hydrogen-bond donors (Lipinski definition) is 0. The Morgan fingerprint density at radius 3 is 2.50 bits per heavy atom. The summed E-state index contributed by atoms with van der Waals surface area (Å²) in [7, 11) is 0. The van der Waals surface area contributed by atoms with E-state index in [1.165, 1.54) is 6.92 Å². The fraction of sp³-hybridized carbons (Fsp3) is 0.500. The quantitative estimate of drug-likeness (QED) is 0.463. The molecule has 0 aliphatic rings. The van der Waals surface area contributed by atoms with Crippen molar-refractivity contribution in [2.24, 2.45) is 3.65 Å². The molecule has 0 bridgehead atoms. The molecule has 0 atom stereocenters. The Labute approximate surface area is 54.4 Å². The second-order valence-electron chi connectivity index (χ2n) is 0.746. The van der Waals surface area contributed by atoms with Gasteiger partial charge in [0.15, 0.2) is 0 Å². The van der Waals surface area contributed by atoms with E-state index in [0.29, 0.717) is 0 Å². The fourth-order valence-corrected chi connectivity index (χ4v) is 2.40. The van der Waals surface area contributed by atoms with E-state index in [2.05, 4.69) is 23.3 Å². The van der Waals surface area contributed by atoms with Crippen molar-refractivity contribution in [2.75, 3.05) is 0 Å². The predicted molar refractivity (Wildman–Crippen MR) is 32.9 cm³/mol. The number of rotatable bonds is 0. The summed E-state index contributed by atoms with van der Waals surface area (Å²) < 4.78 is 3.63. The number of nitrogens with zero attached hydrogens (tertiary/aromatic N) is 1. The van der Waals surface area contributed by atoms with Crippen LogP contribution in [0, 0.1) is 0 Å². The zero-order valence-electron chi connectivity index (χ0n) is 3.31. The van der Waals surface area contributed by atoms with Crippen molar-refractivity contribution in [3.05, 3.63) is 0 Å². The Hall–Kier alpha value is 0.836. The van der Waals surface area contributed by atoms with Crippen LogP contribution < -0.4 is 0 Å². The van der Waals surface area contributed by atoms with Gasteiger partial charge in [-0.2, -0.15) is 0 Å². The summed E-state index contributed by atoms with van der Waals surface area (Å²) in [5, 5.41) is 0. The zero-order valence-corrected chi connectivity index (χ0v) is 7.89. The van der Waals surface area contributed by atoms with Gasteiger partial charge >= 0.3 is 54.6 Å². The third-order valence-corrected chi connectivity index (χ3v) is 2.65. The minimum atomic E-state index is -0.509. The van der Waals surface area contributed by atoms with Gasteiger partial charge in [-0.3, -0.25) is 0 Å². The summed E-state index contributed by atoms with van der Waals surface area (Å²) in [5.74, 6) is -0.0237. The molecule has 2 nitrogen and oxygen atoms in total. The van der Waals surface area contributed by atoms with Gasteiger partial charge in [0.1, 0.15) is 0 Å². The molecular weight excluding hydrogens is 251 g/mol. The van der Waals surface area contributed by atoms with Crippen LogP contribution in [0.3, 0.4) is 0 Å². The Morgan fingerprint density at radius 2 is 2.50 bits per heavy atom. The molecule has 0 unspecified atom stereocenters. The third-order valence-electron chi connectivity index (χ3n) is 0.231. The number of carbonyl (C=O) groups is 1. The molecule has 0 heterocycles. The van der Waals surface area contributed by atoms with Gasteiger partial charge in [-0.1, -0.05) is 0 Å². The van der Waals surface area contributed by atoms with E-state index in [1.807, 2.05) is 0 Å². The first kappa shape index (κ1) is 6.84. The fourth-order valence-electron chi connectivity index (χ4n) is 0.0687. The number of amides is 1. The van der Waals surface area contributed by atoms with Crippen LogP contribution in [0.2, 0.25) is 0 Å². The van der Waals surface area contributed by atoms with Crippen LogP contribution >= 0.6 is 19.7 Å². The molecule has 0 saturated heterocycles. The van der Waals surface area contributed by atoms with Crippen molar-refractivity contribution in [3.8, 4) is 0 Å². The monoisotopic (exact) mass is 253 g/mol. The van der Waals surface area contributed by atoms with E-state index in [0.717, 1.165) is 0 Å². The van der Waals surface area contributed by atoms with E-state index in [1.54, 1.807) is 0 Å². The molecule has 0 aliphatic heterocycles. The first-order chi connectivity index (χ1) is 2.77. The van der Waals surface area contributed by atoms with Gasteiger partial charge in [-0.15, -0.1) is 0 Å². The van der Waals surface area contributed by atoms with E-state index in [-0.39, 0.29) is 5.91 Å². The SMILES string of the molecule is CC(=O)[N]=[Ga][I]. The normalized spacial score (nSPS) is 8.33. The van der Waals surface area contributed by atoms with Gasteiger partial charge in [0.25, 0.3) is 0 Å². The Kier molecular flexibility index (Phi) is 4.57. The average molecular weight is 254 g/mol. The van der Waals surface area contributed by atoms with Crippen LogP contribution in [-0.2, 0) is 4.79 Å². The molecule has 32 valence electrons. The van der Waals surface area contributed by atoms with Crippen LogP contribution in [0.1, 0.15) is 6.92 Å². The molecular formula is C2H3GaINO. The molecule has 0 spiro atoms. The van der Waals surface area contributed by atoms with Crippen LogP contribution in [0.25, 0.3) is 0 Å². The molecule has 0 aromatic heterocycles. The van der Waals surface area contributed by atoms with Crippen molar-refractivity contribution in [1.29, 1.82) is 0 Å². The third kappa shape index (κ3) is 4.84. The molecule has 0 aliphatic carbocycles. The first-order valence-electron chi connectivity index (χ1n) is 1.40. The Morgan fingerprint density at radius 1 is 2.00 bits per heavy atom. The summed E-state index contributed by atoms with van der Waals surface area (Å²) in [5.41, 5.74) is 0. The average Bonchev–Trinajstić information content (AvgIpc) is 1.35. The van der Waals surface area contributed by atoms with Gasteiger partial charge in [-0.25, -0.2) is 0 Å². The van der Waals surface area contributed by atoms with Crippen LogP contribution in [-0.4, -0.2) is 19.6 Å². The molecule has 0 saturated carbocycles. The second-order valence-corrected chi connectivity index (χ2v) is 4.59. The summed E-state index contributed by atoms with van der Waals surface area (Å²) in [6.45, 7) is 1.48. The van der Waals surface area contributed by atoms with Crippen LogP contribution in [0.15, 0.2) is 3.65 Å².